The molecular weight excluding hydrogens is 564 g/mol. The number of hydrogen-bond acceptors (Lipinski definition) is 7. The average molecular weight is 619 g/mol. The molecule has 0 radical (unpaired) electrons. The third-order valence-electron chi connectivity index (χ3n) is 9.44. The zero-order valence-corrected chi connectivity index (χ0v) is 28.0. The first-order valence-electron chi connectivity index (χ1n) is 15.8. The molecule has 1 aliphatic heterocycles. The van der Waals surface area contributed by atoms with Crippen LogP contribution in [0.1, 0.15) is 81.6 Å². The molecular formula is C32H54N6O6. The van der Waals surface area contributed by atoms with Crippen molar-refractivity contribution >= 4 is 29.5 Å². The van der Waals surface area contributed by atoms with Crippen LogP contribution in [0.5, 0.6) is 0 Å². The van der Waals surface area contributed by atoms with Crippen LogP contribution in [-0.4, -0.2) is 78.3 Å². The number of hydrogen-bond donors (Lipinski definition) is 5. The third-order valence-corrected chi connectivity index (χ3v) is 9.44. The minimum absolute atomic E-state index is 0.0950. The number of ketones is 1. The van der Waals surface area contributed by atoms with Gasteiger partial charge < -0.3 is 36.6 Å². The Morgan fingerprint density at radius 3 is 2.11 bits per heavy atom. The van der Waals surface area contributed by atoms with Gasteiger partial charge in [-0.25, -0.2) is 4.79 Å². The Balaban J connectivity index is 1.79. The molecule has 6 N–H and O–H groups in total. The van der Waals surface area contributed by atoms with Crippen molar-refractivity contribution in [3.05, 3.63) is 12.5 Å². The molecule has 2 aliphatic carbocycles. The maximum atomic E-state index is 14.2. The van der Waals surface area contributed by atoms with E-state index in [2.05, 4.69) is 41.7 Å². The van der Waals surface area contributed by atoms with E-state index in [4.69, 9.17) is 10.5 Å². The van der Waals surface area contributed by atoms with Crippen molar-refractivity contribution in [3.63, 3.8) is 0 Å². The molecule has 12 nitrogen and oxygen atoms in total. The molecule has 0 aromatic rings. The summed E-state index contributed by atoms with van der Waals surface area (Å²) in [5.41, 5.74) is 4.06. The second-order valence-electron chi connectivity index (χ2n) is 15.5. The molecule has 3 aliphatic rings. The number of primary amides is 1. The van der Waals surface area contributed by atoms with Gasteiger partial charge in [0.05, 0.1) is 12.1 Å². The van der Waals surface area contributed by atoms with Crippen molar-refractivity contribution in [1.29, 1.82) is 0 Å². The molecule has 248 valence electrons. The molecule has 44 heavy (non-hydrogen) atoms. The zero-order chi connectivity index (χ0) is 33.4. The van der Waals surface area contributed by atoms with E-state index in [-0.39, 0.29) is 41.1 Å². The summed E-state index contributed by atoms with van der Waals surface area (Å²) in [6.07, 6.45) is 2.20. The summed E-state index contributed by atoms with van der Waals surface area (Å²) >= 11 is 0. The lowest BCUT2D eigenvalue weighted by molar-refractivity contribution is -0.145. The number of fused-ring (bicyclic) bond motifs is 1. The van der Waals surface area contributed by atoms with Gasteiger partial charge in [-0.3, -0.25) is 19.2 Å². The highest BCUT2D eigenvalue weighted by molar-refractivity contribution is 6.37. The van der Waals surface area contributed by atoms with Crippen molar-refractivity contribution in [3.8, 4) is 0 Å². The van der Waals surface area contributed by atoms with Crippen molar-refractivity contribution in [2.45, 2.75) is 106 Å². The van der Waals surface area contributed by atoms with Crippen molar-refractivity contribution < 1.29 is 28.7 Å². The summed E-state index contributed by atoms with van der Waals surface area (Å²) in [6.45, 7) is 22.6. The monoisotopic (exact) mass is 618 g/mol. The molecule has 0 aromatic heterocycles. The summed E-state index contributed by atoms with van der Waals surface area (Å²) < 4.78 is 5.72. The maximum absolute atomic E-state index is 14.2. The Kier molecular flexibility index (Phi) is 10.4. The molecule has 12 heteroatoms. The van der Waals surface area contributed by atoms with Crippen LogP contribution in [-0.2, 0) is 23.9 Å². The number of nitrogens with one attached hydrogen (secondary N) is 4. The van der Waals surface area contributed by atoms with Crippen LogP contribution in [0.2, 0.25) is 0 Å². The Morgan fingerprint density at radius 1 is 1.00 bits per heavy atom. The number of carbonyl (C=O) groups excluding carboxylic acids is 5. The molecule has 3 rings (SSSR count). The summed E-state index contributed by atoms with van der Waals surface area (Å²) in [5, 5.41) is 11.6. The molecule has 6 atom stereocenters. The smallest absolute Gasteiger partial charge is 0.315 e. The van der Waals surface area contributed by atoms with Gasteiger partial charge in [-0.15, -0.1) is 0 Å². The number of piperidine rings is 1. The number of carbonyl (C=O) groups is 5. The fraction of sp³-hybridized carbons (Fsp3) is 0.781. The highest BCUT2D eigenvalue weighted by atomic mass is 16.5. The van der Waals surface area contributed by atoms with E-state index in [1.54, 1.807) is 4.90 Å². The van der Waals surface area contributed by atoms with Gasteiger partial charge in [-0.05, 0) is 53.9 Å². The Morgan fingerprint density at radius 2 is 1.61 bits per heavy atom. The van der Waals surface area contributed by atoms with Crippen molar-refractivity contribution in [2.75, 3.05) is 19.7 Å². The quantitative estimate of drug-likeness (QED) is 0.146. The predicted molar refractivity (Wildman–Crippen MR) is 167 cm³/mol. The molecule has 0 aromatic carbocycles. The highest BCUT2D eigenvalue weighted by Gasteiger charge is 2.70. The zero-order valence-electron chi connectivity index (χ0n) is 28.0. The standard InChI is InChI=1S/C32H54N6O6/c1-11-34-17(2)44-16-21(30(3,4)5)36-29(43)37-25(31(6,7)8)28(42)38-15-19-22(32(19,9)10)23(38)27(41)35-20(14-18-12-13-18)24(39)26(33)40/h18-23,25,34H,2,11-16H2,1,3-10H3,(H2,33,40)(H,35,41)(H2,36,37,43)/t19?,20?,21-,22+,23?,25?/m1/s1. The van der Waals surface area contributed by atoms with Crippen molar-refractivity contribution in [2.24, 2.45) is 39.7 Å². The van der Waals surface area contributed by atoms with Crippen LogP contribution in [0.3, 0.4) is 0 Å². The van der Waals surface area contributed by atoms with Gasteiger partial charge in [0.1, 0.15) is 18.7 Å². The van der Waals surface area contributed by atoms with Gasteiger partial charge in [-0.1, -0.05) is 68.2 Å². The predicted octanol–water partition coefficient (Wildman–Crippen LogP) is 2.03. The van der Waals surface area contributed by atoms with Gasteiger partial charge in [0.15, 0.2) is 5.88 Å². The first kappa shape index (κ1) is 35.2. The third kappa shape index (κ3) is 8.24. The number of Topliss-reactive ketones (excluding diaryl/α,β-unsaturated/α-hetero) is 1. The number of amides is 5. The Hall–Kier alpha value is -3.31. The summed E-state index contributed by atoms with van der Waals surface area (Å²) in [7, 11) is 0. The first-order chi connectivity index (χ1) is 20.2. The van der Waals surface area contributed by atoms with Crippen LogP contribution >= 0.6 is 0 Å². The van der Waals surface area contributed by atoms with E-state index >= 15 is 0 Å². The number of rotatable bonds is 14. The minimum atomic E-state index is -1.09. The van der Waals surface area contributed by atoms with Crippen molar-refractivity contribution in [1.82, 2.24) is 26.2 Å². The summed E-state index contributed by atoms with van der Waals surface area (Å²) in [5.74, 6) is -2.12. The Labute approximate surface area is 262 Å². The molecule has 2 saturated carbocycles. The van der Waals surface area contributed by atoms with E-state index < -0.39 is 53.2 Å². The second-order valence-corrected chi connectivity index (χ2v) is 15.5. The normalized spacial score (nSPS) is 24.2. The summed E-state index contributed by atoms with van der Waals surface area (Å²) in [4.78, 5) is 67.3. The topological polar surface area (TPSA) is 172 Å². The lowest BCUT2D eigenvalue weighted by atomic mass is 9.85. The molecule has 1 saturated heterocycles. The first-order valence-corrected chi connectivity index (χ1v) is 15.8. The maximum Gasteiger partial charge on any atom is 0.315 e. The van der Waals surface area contributed by atoms with Crippen LogP contribution < -0.4 is 27.0 Å². The van der Waals surface area contributed by atoms with Crippen LogP contribution in [0.25, 0.3) is 0 Å². The Bertz CT molecular complexity index is 1150. The van der Waals surface area contributed by atoms with E-state index in [1.807, 2.05) is 48.5 Å². The van der Waals surface area contributed by atoms with Gasteiger partial charge in [-0.2, -0.15) is 0 Å². The number of nitrogens with two attached hydrogens (primary N) is 1. The highest BCUT2D eigenvalue weighted by Crippen LogP contribution is 2.65. The number of ether oxygens (including phenoxy) is 1. The van der Waals surface area contributed by atoms with Crippen LogP contribution in [0, 0.1) is 34.0 Å². The molecule has 0 spiro atoms. The SMILES string of the molecule is C=C(NCC)OC[C@@H](NC(=O)NC(C(=O)N1CC2[C@@H](C1C(=O)NC(CC1CC1)C(=O)C(N)=O)C2(C)C)C(C)(C)C)C(C)(C)C. The number of likely N-dealkylation sites (tertiary alicyclic amines) is 1. The lowest BCUT2D eigenvalue weighted by Crippen LogP contribution is -2.62. The van der Waals surface area contributed by atoms with Crippen LogP contribution in [0.15, 0.2) is 12.5 Å². The molecule has 0 bridgehead atoms. The fourth-order valence-corrected chi connectivity index (χ4v) is 6.25. The van der Waals surface area contributed by atoms with Gasteiger partial charge in [0.2, 0.25) is 17.6 Å². The summed E-state index contributed by atoms with van der Waals surface area (Å²) in [6, 6.07) is -3.75. The van der Waals surface area contributed by atoms with Gasteiger partial charge >= 0.3 is 6.03 Å². The van der Waals surface area contributed by atoms with E-state index in [0.29, 0.717) is 25.4 Å². The second kappa shape index (κ2) is 13.0. The number of urea groups is 1. The molecule has 4 unspecified atom stereocenters. The van der Waals surface area contributed by atoms with Crippen LogP contribution in [0.4, 0.5) is 4.79 Å². The van der Waals surface area contributed by atoms with Gasteiger partial charge in [0, 0.05) is 13.1 Å². The van der Waals surface area contributed by atoms with E-state index in [0.717, 1.165) is 12.8 Å². The lowest BCUT2D eigenvalue weighted by Gasteiger charge is -2.38. The number of nitrogens with zero attached hydrogens (tertiary/aromatic N) is 1. The minimum Gasteiger partial charge on any atom is -0.477 e. The average Bonchev–Trinajstić information content (AvgIpc) is 3.74. The molecule has 1 heterocycles. The van der Waals surface area contributed by atoms with E-state index in [1.165, 1.54) is 0 Å². The fourth-order valence-electron chi connectivity index (χ4n) is 6.25. The molecule has 5 amide bonds. The molecule has 3 fully saturated rings. The van der Waals surface area contributed by atoms with E-state index in [9.17, 15) is 24.0 Å². The van der Waals surface area contributed by atoms with Gasteiger partial charge in [0.25, 0.3) is 5.91 Å². The largest absolute Gasteiger partial charge is 0.477 e.